The van der Waals surface area contributed by atoms with Gasteiger partial charge in [0.25, 0.3) is 6.43 Å². The largest absolute Gasteiger partial charge is 0.862 e. The number of rotatable bonds is 8. The molecule has 1 heterocycles. The standard InChI is InChI=1S/C23H29F3N2O2/c1-23(15-8-9-15)12-11-19(28-22(23)30)16(5-3-4-6-20(29)27-2)14-7-10-17(21(25)26)18(24)13-14/h5,7,10-11,13,15,21-22,28,30H,3-4,6,8-9,12H2,1-2H3,(H,27,29)/p-1/b16-5+. The second-order valence-corrected chi connectivity index (χ2v) is 8.31. The molecule has 0 amide bonds. The van der Waals surface area contributed by atoms with Gasteiger partial charge in [-0.2, -0.15) is 0 Å². The fraction of sp³-hybridized carbons (Fsp3) is 0.522. The number of aliphatic hydroxyl groups is 1. The van der Waals surface area contributed by atoms with Gasteiger partial charge in [-0.1, -0.05) is 25.1 Å². The van der Waals surface area contributed by atoms with Crippen LogP contribution in [0, 0.1) is 17.2 Å². The summed E-state index contributed by atoms with van der Waals surface area (Å²) in [6, 6.07) is 3.66. The third kappa shape index (κ3) is 4.89. The Labute approximate surface area is 175 Å². The van der Waals surface area contributed by atoms with Crippen molar-refractivity contribution in [1.82, 2.24) is 5.32 Å². The molecule has 0 aromatic heterocycles. The van der Waals surface area contributed by atoms with Crippen LogP contribution in [0.25, 0.3) is 5.57 Å². The summed E-state index contributed by atoms with van der Waals surface area (Å²) < 4.78 is 40.1. The number of nitrogens with zero attached hydrogens (tertiary/aromatic N) is 1. The maximum absolute atomic E-state index is 14.2. The summed E-state index contributed by atoms with van der Waals surface area (Å²) in [6.07, 6.45) is 4.46. The van der Waals surface area contributed by atoms with E-state index in [1.54, 1.807) is 0 Å². The fourth-order valence-electron chi connectivity index (χ4n) is 3.99. The van der Waals surface area contributed by atoms with Crippen molar-refractivity contribution in [2.75, 3.05) is 7.05 Å². The van der Waals surface area contributed by atoms with Crippen LogP contribution in [0.4, 0.5) is 13.2 Å². The number of halogens is 3. The summed E-state index contributed by atoms with van der Waals surface area (Å²) in [5.74, 6) is -0.687. The Balaban J connectivity index is 1.88. The zero-order valence-electron chi connectivity index (χ0n) is 17.3. The molecule has 3 rings (SSSR count). The van der Waals surface area contributed by atoms with E-state index in [1.807, 2.05) is 12.2 Å². The van der Waals surface area contributed by atoms with Gasteiger partial charge in [0.2, 0.25) is 0 Å². The van der Waals surface area contributed by atoms with Crippen molar-refractivity contribution in [3.63, 3.8) is 0 Å². The highest BCUT2D eigenvalue weighted by molar-refractivity contribution is 5.79. The molecule has 2 atom stereocenters. The van der Waals surface area contributed by atoms with Gasteiger partial charge in [0.1, 0.15) is 12.0 Å². The Morgan fingerprint density at radius 3 is 2.70 bits per heavy atom. The van der Waals surface area contributed by atoms with E-state index in [1.165, 1.54) is 13.1 Å². The van der Waals surface area contributed by atoms with Gasteiger partial charge in [-0.15, -0.1) is 0 Å². The molecular formula is C23H28F3N2O2-. The fourth-order valence-corrected chi connectivity index (χ4v) is 3.99. The van der Waals surface area contributed by atoms with Crippen molar-refractivity contribution in [1.29, 1.82) is 0 Å². The van der Waals surface area contributed by atoms with Crippen molar-refractivity contribution < 1.29 is 23.4 Å². The Bertz CT molecular complexity index is 862. The normalized spacial score (nSPS) is 25.3. The number of unbranched alkanes of at least 4 members (excludes halogenated alkanes) is 1. The molecule has 1 aromatic rings. The molecule has 1 aromatic carbocycles. The number of benzene rings is 1. The Kier molecular flexibility index (Phi) is 6.91. The molecule has 2 unspecified atom stereocenters. The lowest BCUT2D eigenvalue weighted by molar-refractivity contribution is -0.218. The highest BCUT2D eigenvalue weighted by Gasteiger charge is 2.47. The van der Waals surface area contributed by atoms with E-state index in [-0.39, 0.29) is 11.3 Å². The van der Waals surface area contributed by atoms with Crippen molar-refractivity contribution in [3.8, 4) is 0 Å². The third-order valence-corrected chi connectivity index (χ3v) is 6.20. The van der Waals surface area contributed by atoms with E-state index in [0.717, 1.165) is 25.0 Å². The van der Waals surface area contributed by atoms with E-state index >= 15 is 0 Å². The minimum Gasteiger partial charge on any atom is -0.862 e. The molecule has 1 fully saturated rings. The van der Waals surface area contributed by atoms with E-state index in [0.29, 0.717) is 48.4 Å². The number of hydrogen-bond acceptors (Lipinski definition) is 4. The molecule has 2 N–H and O–H groups in total. The molecule has 0 spiro atoms. The van der Waals surface area contributed by atoms with E-state index in [9.17, 15) is 23.4 Å². The van der Waals surface area contributed by atoms with Crippen molar-refractivity contribution >= 4 is 11.5 Å². The van der Waals surface area contributed by atoms with Crippen LogP contribution >= 0.6 is 0 Å². The molecule has 2 aliphatic rings. The number of aliphatic imine (C=N–C) groups is 1. The van der Waals surface area contributed by atoms with Gasteiger partial charge >= 0.3 is 0 Å². The van der Waals surface area contributed by atoms with Crippen LogP contribution in [-0.4, -0.2) is 24.3 Å². The first-order valence-electron chi connectivity index (χ1n) is 10.3. The monoisotopic (exact) mass is 421 g/mol. The lowest BCUT2D eigenvalue weighted by Crippen LogP contribution is -2.47. The molecule has 1 aliphatic carbocycles. The smallest absolute Gasteiger partial charge is 0.266 e. The molecule has 0 radical (unpaired) electrons. The van der Waals surface area contributed by atoms with Crippen LogP contribution < -0.4 is 10.4 Å². The number of hydrogen-bond donors (Lipinski definition) is 2. The highest BCUT2D eigenvalue weighted by atomic mass is 19.3. The van der Waals surface area contributed by atoms with Gasteiger partial charge in [0.05, 0.1) is 5.56 Å². The van der Waals surface area contributed by atoms with Gasteiger partial charge in [-0.3, -0.25) is 0 Å². The predicted octanol–water partition coefficient (Wildman–Crippen LogP) is 4.32. The number of alkyl halides is 2. The second kappa shape index (κ2) is 9.25. The summed E-state index contributed by atoms with van der Waals surface area (Å²) in [4.78, 5) is 3.60. The van der Waals surface area contributed by atoms with Crippen LogP contribution in [-0.2, 0) is 0 Å². The topological polar surface area (TPSA) is 67.7 Å². The lowest BCUT2D eigenvalue weighted by Gasteiger charge is -2.39. The molecule has 0 bridgehead atoms. The Hall–Kier alpha value is -2.28. The van der Waals surface area contributed by atoms with Gasteiger partial charge < -0.3 is 20.5 Å². The Morgan fingerprint density at radius 2 is 2.13 bits per heavy atom. The van der Waals surface area contributed by atoms with Crippen LogP contribution in [0.1, 0.15) is 63.0 Å². The summed E-state index contributed by atoms with van der Waals surface area (Å²) in [6.45, 7) is 2.05. The van der Waals surface area contributed by atoms with E-state index < -0.39 is 24.0 Å². The molecular weight excluding hydrogens is 393 g/mol. The first-order valence-corrected chi connectivity index (χ1v) is 10.3. The molecule has 7 heteroatoms. The summed E-state index contributed by atoms with van der Waals surface area (Å²) >= 11 is 0. The van der Waals surface area contributed by atoms with Gasteiger partial charge in [0.15, 0.2) is 0 Å². The average molecular weight is 421 g/mol. The van der Waals surface area contributed by atoms with Crippen molar-refractivity contribution in [2.24, 2.45) is 16.3 Å². The molecule has 0 saturated heterocycles. The zero-order valence-corrected chi connectivity index (χ0v) is 17.3. The Morgan fingerprint density at radius 1 is 1.40 bits per heavy atom. The van der Waals surface area contributed by atoms with E-state index in [2.05, 4.69) is 17.2 Å². The molecule has 1 saturated carbocycles. The van der Waals surface area contributed by atoms with Gasteiger partial charge in [-0.05, 0) is 68.0 Å². The zero-order chi connectivity index (χ0) is 21.9. The molecule has 164 valence electrons. The molecule has 30 heavy (non-hydrogen) atoms. The number of nitrogens with one attached hydrogen (secondary N) is 1. The van der Waals surface area contributed by atoms with Crippen molar-refractivity contribution in [3.05, 3.63) is 53.0 Å². The maximum Gasteiger partial charge on any atom is 0.266 e. The number of aliphatic hydroxyl groups excluding tert-OH is 1. The van der Waals surface area contributed by atoms with Crippen LogP contribution in [0.2, 0.25) is 0 Å². The first-order chi connectivity index (χ1) is 14.3. The number of allylic oxidation sites excluding steroid dienone is 3. The predicted molar refractivity (Wildman–Crippen MR) is 109 cm³/mol. The summed E-state index contributed by atoms with van der Waals surface area (Å²) in [7, 11) is 1.45. The third-order valence-electron chi connectivity index (χ3n) is 6.20. The average Bonchev–Trinajstić information content (AvgIpc) is 3.55. The van der Waals surface area contributed by atoms with Gasteiger partial charge in [0, 0.05) is 23.7 Å². The van der Waals surface area contributed by atoms with Gasteiger partial charge in [-0.25, -0.2) is 13.2 Å². The SMILES string of the molecule is CN=C([O-])CCC/C=C(/C1=CCC(C)(C2CC2)C(O)N1)c1ccc(C(F)F)c(F)c1. The second-order valence-electron chi connectivity index (χ2n) is 8.31. The van der Waals surface area contributed by atoms with Crippen LogP contribution in [0.15, 0.2) is 41.0 Å². The molecule has 4 nitrogen and oxygen atoms in total. The molecule has 1 aliphatic heterocycles. The van der Waals surface area contributed by atoms with Crippen LogP contribution in [0.3, 0.4) is 0 Å². The highest BCUT2D eigenvalue weighted by Crippen LogP contribution is 2.51. The quantitative estimate of drug-likeness (QED) is 0.373. The van der Waals surface area contributed by atoms with Crippen LogP contribution in [0.5, 0.6) is 0 Å². The summed E-state index contributed by atoms with van der Waals surface area (Å²) in [5.41, 5.74) is 0.836. The first kappa shape index (κ1) is 22.4. The lowest BCUT2D eigenvalue weighted by atomic mass is 9.76. The van der Waals surface area contributed by atoms with Crippen molar-refractivity contribution in [2.45, 2.75) is 58.1 Å². The minimum absolute atomic E-state index is 0.192. The maximum atomic E-state index is 14.2. The van der Waals surface area contributed by atoms with E-state index in [4.69, 9.17) is 0 Å². The summed E-state index contributed by atoms with van der Waals surface area (Å²) in [5, 5.41) is 25.3. The minimum atomic E-state index is -2.89.